The fourth-order valence-corrected chi connectivity index (χ4v) is 1.77. The van der Waals surface area contributed by atoms with E-state index in [4.69, 9.17) is 4.52 Å². The number of hydrogen-bond donors (Lipinski definition) is 1. The Kier molecular flexibility index (Phi) is 7.04. The number of aromatic nitrogens is 2. The fraction of sp³-hybridized carbons (Fsp3) is 0.786. The lowest BCUT2D eigenvalue weighted by molar-refractivity contribution is 0.370. The van der Waals surface area contributed by atoms with Gasteiger partial charge >= 0.3 is 0 Å². The molecule has 0 atom stereocenters. The van der Waals surface area contributed by atoms with Gasteiger partial charge in [0.1, 0.15) is 0 Å². The van der Waals surface area contributed by atoms with Gasteiger partial charge in [-0.2, -0.15) is 4.98 Å². The van der Waals surface area contributed by atoms with E-state index in [0.29, 0.717) is 18.2 Å². The van der Waals surface area contributed by atoms with Crippen molar-refractivity contribution in [2.24, 2.45) is 4.99 Å². The number of unbranched alkanes of at least 4 members (excludes halogenated alkanes) is 1. The maximum absolute atomic E-state index is 5.21. The molecule has 20 heavy (non-hydrogen) atoms. The molecule has 0 amide bonds. The monoisotopic (exact) mass is 281 g/mol. The largest absolute Gasteiger partial charge is 0.356 e. The predicted octanol–water partition coefficient (Wildman–Crippen LogP) is 2.04. The van der Waals surface area contributed by atoms with Crippen molar-refractivity contribution in [3.8, 4) is 0 Å². The molecule has 0 aromatic carbocycles. The smallest absolute Gasteiger partial charge is 0.228 e. The highest BCUT2D eigenvalue weighted by atomic mass is 16.5. The van der Waals surface area contributed by atoms with Gasteiger partial charge in [-0.05, 0) is 6.42 Å². The molecule has 0 aliphatic rings. The third-order valence-corrected chi connectivity index (χ3v) is 3.04. The molecule has 0 aliphatic heterocycles. The van der Waals surface area contributed by atoms with Crippen molar-refractivity contribution < 1.29 is 4.52 Å². The molecule has 1 aromatic heterocycles. The minimum atomic E-state index is 0.299. The van der Waals surface area contributed by atoms with Gasteiger partial charge in [-0.3, -0.25) is 4.99 Å². The number of nitrogens with one attached hydrogen (secondary N) is 1. The highest BCUT2D eigenvalue weighted by molar-refractivity contribution is 5.79. The van der Waals surface area contributed by atoms with Crippen LogP contribution in [-0.2, 0) is 6.42 Å². The number of rotatable bonds is 7. The molecule has 1 rings (SSSR count). The normalized spacial score (nSPS) is 12.0. The summed E-state index contributed by atoms with van der Waals surface area (Å²) >= 11 is 0. The summed E-state index contributed by atoms with van der Waals surface area (Å²) in [6, 6.07) is 0. The molecule has 0 unspecified atom stereocenters. The second-order valence-electron chi connectivity index (χ2n) is 5.20. The average molecular weight is 281 g/mol. The van der Waals surface area contributed by atoms with Crippen molar-refractivity contribution in [3.63, 3.8) is 0 Å². The van der Waals surface area contributed by atoms with Gasteiger partial charge in [0.25, 0.3) is 0 Å². The molecule has 0 radical (unpaired) electrons. The van der Waals surface area contributed by atoms with E-state index in [2.05, 4.69) is 53.2 Å². The van der Waals surface area contributed by atoms with E-state index in [1.54, 1.807) is 7.05 Å². The summed E-state index contributed by atoms with van der Waals surface area (Å²) < 4.78 is 5.21. The van der Waals surface area contributed by atoms with Gasteiger partial charge < -0.3 is 14.7 Å². The van der Waals surface area contributed by atoms with E-state index in [1.165, 1.54) is 12.8 Å². The summed E-state index contributed by atoms with van der Waals surface area (Å²) in [4.78, 5) is 10.8. The zero-order valence-corrected chi connectivity index (χ0v) is 13.3. The Morgan fingerprint density at radius 1 is 1.45 bits per heavy atom. The first kappa shape index (κ1) is 16.5. The number of aliphatic imine (C=N–C) groups is 1. The molecule has 1 aromatic rings. The van der Waals surface area contributed by atoms with E-state index in [9.17, 15) is 0 Å². The summed E-state index contributed by atoms with van der Waals surface area (Å²) in [5, 5.41) is 7.27. The summed E-state index contributed by atoms with van der Waals surface area (Å²) in [5.41, 5.74) is 0. The quantitative estimate of drug-likeness (QED) is 0.612. The maximum Gasteiger partial charge on any atom is 0.228 e. The van der Waals surface area contributed by atoms with Crippen molar-refractivity contribution in [1.29, 1.82) is 0 Å². The van der Waals surface area contributed by atoms with E-state index in [0.717, 1.165) is 24.9 Å². The maximum atomic E-state index is 5.21. The van der Waals surface area contributed by atoms with Gasteiger partial charge in [-0.1, -0.05) is 32.3 Å². The number of hydrogen-bond acceptors (Lipinski definition) is 4. The van der Waals surface area contributed by atoms with E-state index < -0.39 is 0 Å². The van der Waals surface area contributed by atoms with Gasteiger partial charge in [-0.25, -0.2) is 0 Å². The lowest BCUT2D eigenvalue weighted by Crippen LogP contribution is -2.40. The van der Waals surface area contributed by atoms with Gasteiger partial charge in [0, 0.05) is 39.5 Å². The van der Waals surface area contributed by atoms with Crippen LogP contribution in [0.5, 0.6) is 0 Å². The molecule has 0 bridgehead atoms. The van der Waals surface area contributed by atoms with Crippen molar-refractivity contribution in [3.05, 3.63) is 11.7 Å². The first-order valence-corrected chi connectivity index (χ1v) is 7.32. The topological polar surface area (TPSA) is 66.5 Å². The third kappa shape index (κ3) is 5.19. The summed E-state index contributed by atoms with van der Waals surface area (Å²) in [6.45, 7) is 8.04. The number of nitrogens with zero attached hydrogens (tertiary/aromatic N) is 4. The molecule has 6 nitrogen and oxygen atoms in total. The Bertz CT molecular complexity index is 413. The molecular weight excluding hydrogens is 254 g/mol. The standard InChI is InChI=1S/C14H27N5O/c1-6-7-10-19(5)14(15-4)16-9-8-12-17-13(11(2)3)18-20-12/h11H,6-10H2,1-5H3,(H,15,16). The lowest BCUT2D eigenvalue weighted by atomic mass is 10.2. The second-order valence-corrected chi connectivity index (χ2v) is 5.20. The minimum Gasteiger partial charge on any atom is -0.356 e. The van der Waals surface area contributed by atoms with Crippen LogP contribution in [0.1, 0.15) is 51.2 Å². The molecule has 0 fully saturated rings. The minimum absolute atomic E-state index is 0.299. The van der Waals surface area contributed by atoms with Gasteiger partial charge in [0.15, 0.2) is 11.8 Å². The molecule has 1 heterocycles. The Labute approximate surface area is 121 Å². The van der Waals surface area contributed by atoms with Crippen molar-refractivity contribution in [2.75, 3.05) is 27.2 Å². The summed E-state index contributed by atoms with van der Waals surface area (Å²) in [6.07, 6.45) is 3.06. The van der Waals surface area contributed by atoms with Crippen LogP contribution in [0.4, 0.5) is 0 Å². The molecule has 6 heteroatoms. The molecule has 0 saturated heterocycles. The first-order valence-electron chi connectivity index (χ1n) is 7.32. The predicted molar refractivity (Wildman–Crippen MR) is 81.0 cm³/mol. The van der Waals surface area contributed by atoms with Gasteiger partial charge in [0.2, 0.25) is 5.89 Å². The number of guanidine groups is 1. The van der Waals surface area contributed by atoms with Crippen LogP contribution in [-0.4, -0.2) is 48.2 Å². The molecular formula is C14H27N5O. The molecule has 0 spiro atoms. The Balaban J connectivity index is 2.37. The van der Waals surface area contributed by atoms with Gasteiger partial charge in [0.05, 0.1) is 0 Å². The third-order valence-electron chi connectivity index (χ3n) is 3.04. The SMILES string of the molecule is CCCCN(C)C(=NC)NCCc1nc(C(C)C)no1. The van der Waals surface area contributed by atoms with E-state index in [-0.39, 0.29) is 0 Å². The van der Waals surface area contributed by atoms with Crippen LogP contribution in [0.2, 0.25) is 0 Å². The Hall–Kier alpha value is -1.59. The van der Waals surface area contributed by atoms with Gasteiger partial charge in [-0.15, -0.1) is 0 Å². The Morgan fingerprint density at radius 2 is 2.20 bits per heavy atom. The molecule has 114 valence electrons. The van der Waals surface area contributed by atoms with Crippen LogP contribution in [0.25, 0.3) is 0 Å². The zero-order chi connectivity index (χ0) is 15.0. The fourth-order valence-electron chi connectivity index (χ4n) is 1.77. The summed E-state index contributed by atoms with van der Waals surface area (Å²) in [5.74, 6) is 2.65. The average Bonchev–Trinajstić information content (AvgIpc) is 2.90. The lowest BCUT2D eigenvalue weighted by Gasteiger charge is -2.21. The molecule has 0 saturated carbocycles. The van der Waals surface area contributed by atoms with Crippen LogP contribution >= 0.6 is 0 Å². The van der Waals surface area contributed by atoms with E-state index in [1.807, 2.05) is 0 Å². The molecule has 1 N–H and O–H groups in total. The highest BCUT2D eigenvalue weighted by Crippen LogP contribution is 2.09. The zero-order valence-electron chi connectivity index (χ0n) is 13.3. The molecule has 0 aliphatic carbocycles. The van der Waals surface area contributed by atoms with E-state index >= 15 is 0 Å². The van der Waals surface area contributed by atoms with Crippen LogP contribution in [0.3, 0.4) is 0 Å². The highest BCUT2D eigenvalue weighted by Gasteiger charge is 2.10. The van der Waals surface area contributed by atoms with Crippen LogP contribution < -0.4 is 5.32 Å². The van der Waals surface area contributed by atoms with Crippen molar-refractivity contribution in [2.45, 2.75) is 46.0 Å². The van der Waals surface area contributed by atoms with Crippen molar-refractivity contribution >= 4 is 5.96 Å². The summed E-state index contributed by atoms with van der Waals surface area (Å²) in [7, 11) is 3.85. The Morgan fingerprint density at radius 3 is 2.75 bits per heavy atom. The van der Waals surface area contributed by atoms with Crippen LogP contribution in [0, 0.1) is 0 Å². The van der Waals surface area contributed by atoms with Crippen molar-refractivity contribution in [1.82, 2.24) is 20.4 Å². The first-order chi connectivity index (χ1) is 9.58. The second kappa shape index (κ2) is 8.55. The van der Waals surface area contributed by atoms with Crippen LogP contribution in [0.15, 0.2) is 9.52 Å².